The fraction of sp³-hybridized carbons (Fsp3) is 0.381. The molecule has 1 aliphatic heterocycles. The first-order chi connectivity index (χ1) is 14.1. The zero-order chi connectivity index (χ0) is 20.8. The van der Waals surface area contributed by atoms with Gasteiger partial charge < -0.3 is 23.7 Å². The van der Waals surface area contributed by atoms with Crippen LogP contribution >= 0.6 is 0 Å². The normalized spacial score (nSPS) is 14.1. The summed E-state index contributed by atoms with van der Waals surface area (Å²) in [6.07, 6.45) is 4.04. The second-order valence-electron chi connectivity index (χ2n) is 6.49. The molecule has 29 heavy (non-hydrogen) atoms. The highest BCUT2D eigenvalue weighted by Gasteiger charge is 2.25. The molecule has 1 aromatic heterocycles. The fourth-order valence-corrected chi connectivity index (χ4v) is 3.19. The Kier molecular flexibility index (Phi) is 6.39. The Morgan fingerprint density at radius 2 is 1.93 bits per heavy atom. The van der Waals surface area contributed by atoms with Gasteiger partial charge >= 0.3 is 0 Å². The van der Waals surface area contributed by atoms with E-state index in [-0.39, 0.29) is 11.6 Å². The number of hydrogen-bond donors (Lipinski definition) is 0. The lowest BCUT2D eigenvalue weighted by molar-refractivity contribution is -0.131. The number of anilines is 1. The van der Waals surface area contributed by atoms with E-state index in [0.29, 0.717) is 55.9 Å². The van der Waals surface area contributed by atoms with Crippen molar-refractivity contribution in [1.82, 2.24) is 9.88 Å². The molecule has 0 radical (unpaired) electrons. The van der Waals surface area contributed by atoms with Crippen molar-refractivity contribution in [3.05, 3.63) is 35.3 Å². The minimum absolute atomic E-state index is 0.140. The van der Waals surface area contributed by atoms with E-state index >= 15 is 0 Å². The van der Waals surface area contributed by atoms with Crippen LogP contribution in [0.4, 0.5) is 5.88 Å². The van der Waals surface area contributed by atoms with Gasteiger partial charge in [-0.25, -0.2) is 0 Å². The average Bonchev–Trinajstić information content (AvgIpc) is 3.20. The average molecular weight is 396 g/mol. The maximum absolute atomic E-state index is 11.8. The monoisotopic (exact) mass is 396 g/mol. The fourth-order valence-electron chi connectivity index (χ4n) is 3.19. The summed E-state index contributed by atoms with van der Waals surface area (Å²) < 4.78 is 16.4. The van der Waals surface area contributed by atoms with Crippen LogP contribution in [0.5, 0.6) is 11.5 Å². The number of aromatic nitrogens is 1. The standard InChI is InChI=1S/C21H24N4O4/c1-4-20(26)24-9-11-25(12-10-24)21-16(14-22)23-19(29-21)8-6-15-5-7-17(27-2)18(13-15)28-3/h5-8,13H,4,9-12H2,1-3H3/b8-6+. The molecule has 152 valence electrons. The lowest BCUT2D eigenvalue weighted by Crippen LogP contribution is -2.48. The van der Waals surface area contributed by atoms with Gasteiger partial charge in [0.15, 0.2) is 11.5 Å². The van der Waals surface area contributed by atoms with E-state index in [9.17, 15) is 10.1 Å². The molecule has 1 amide bonds. The Morgan fingerprint density at radius 3 is 2.55 bits per heavy atom. The molecule has 0 atom stereocenters. The van der Waals surface area contributed by atoms with Crippen LogP contribution in [0.25, 0.3) is 12.2 Å². The molecule has 8 heteroatoms. The number of oxazole rings is 1. The van der Waals surface area contributed by atoms with Crippen molar-refractivity contribution < 1.29 is 18.7 Å². The number of nitrogens with zero attached hydrogens (tertiary/aromatic N) is 4. The smallest absolute Gasteiger partial charge is 0.235 e. The third-order valence-corrected chi connectivity index (χ3v) is 4.78. The van der Waals surface area contributed by atoms with E-state index in [0.717, 1.165) is 5.56 Å². The van der Waals surface area contributed by atoms with Gasteiger partial charge in [-0.15, -0.1) is 0 Å². The van der Waals surface area contributed by atoms with Crippen molar-refractivity contribution in [1.29, 1.82) is 5.26 Å². The first kappa shape index (κ1) is 20.3. The number of piperazine rings is 1. The first-order valence-electron chi connectivity index (χ1n) is 9.43. The molecule has 8 nitrogen and oxygen atoms in total. The number of methoxy groups -OCH3 is 2. The van der Waals surface area contributed by atoms with Crippen molar-refractivity contribution in [2.45, 2.75) is 13.3 Å². The number of ether oxygens (including phenoxy) is 2. The molecule has 0 aliphatic carbocycles. The molecule has 0 spiro atoms. The second-order valence-corrected chi connectivity index (χ2v) is 6.49. The van der Waals surface area contributed by atoms with Gasteiger partial charge in [-0.1, -0.05) is 13.0 Å². The zero-order valence-electron chi connectivity index (χ0n) is 16.8. The highest BCUT2D eigenvalue weighted by molar-refractivity contribution is 5.76. The lowest BCUT2D eigenvalue weighted by atomic mass is 10.2. The highest BCUT2D eigenvalue weighted by atomic mass is 16.5. The van der Waals surface area contributed by atoms with Crippen LogP contribution in [0.1, 0.15) is 30.5 Å². The molecule has 1 fully saturated rings. The Balaban J connectivity index is 1.75. The second kappa shape index (κ2) is 9.15. The Morgan fingerprint density at radius 1 is 1.21 bits per heavy atom. The van der Waals surface area contributed by atoms with Crippen LogP contribution in [0.15, 0.2) is 22.6 Å². The topological polar surface area (TPSA) is 91.8 Å². The van der Waals surface area contributed by atoms with Gasteiger partial charge in [0.25, 0.3) is 0 Å². The number of carbonyl (C=O) groups excluding carboxylic acids is 1. The quantitative estimate of drug-likeness (QED) is 0.741. The van der Waals surface area contributed by atoms with Crippen LogP contribution in [0.3, 0.4) is 0 Å². The molecule has 1 aliphatic rings. The van der Waals surface area contributed by atoms with Crippen molar-refractivity contribution >= 4 is 23.9 Å². The van der Waals surface area contributed by atoms with Gasteiger partial charge in [0.05, 0.1) is 14.2 Å². The molecular formula is C21H24N4O4. The van der Waals surface area contributed by atoms with Crippen LogP contribution in [-0.2, 0) is 4.79 Å². The van der Waals surface area contributed by atoms with Gasteiger partial charge in [0.2, 0.25) is 23.4 Å². The summed E-state index contributed by atoms with van der Waals surface area (Å²) in [5, 5.41) is 9.43. The molecule has 1 saturated heterocycles. The van der Waals surface area contributed by atoms with E-state index in [1.807, 2.05) is 41.0 Å². The van der Waals surface area contributed by atoms with Gasteiger partial charge in [0.1, 0.15) is 6.07 Å². The molecule has 2 aromatic rings. The number of hydrogen-bond acceptors (Lipinski definition) is 7. The van der Waals surface area contributed by atoms with Gasteiger partial charge in [0, 0.05) is 38.7 Å². The number of nitriles is 1. The van der Waals surface area contributed by atoms with Crippen molar-refractivity contribution in [2.24, 2.45) is 0 Å². The Bertz CT molecular complexity index is 937. The van der Waals surface area contributed by atoms with Gasteiger partial charge in [-0.2, -0.15) is 10.2 Å². The van der Waals surface area contributed by atoms with Gasteiger partial charge in [-0.3, -0.25) is 4.79 Å². The summed E-state index contributed by atoms with van der Waals surface area (Å²) in [7, 11) is 3.17. The van der Waals surface area contributed by atoms with Gasteiger partial charge in [-0.05, 0) is 23.8 Å². The van der Waals surface area contributed by atoms with E-state index in [1.165, 1.54) is 0 Å². The molecule has 2 heterocycles. The van der Waals surface area contributed by atoms with E-state index in [4.69, 9.17) is 13.9 Å². The summed E-state index contributed by atoms with van der Waals surface area (Å²) in [6.45, 7) is 4.28. The summed E-state index contributed by atoms with van der Waals surface area (Å²) >= 11 is 0. The molecule has 1 aromatic carbocycles. The van der Waals surface area contributed by atoms with Crippen LogP contribution in [0.2, 0.25) is 0 Å². The number of amides is 1. The largest absolute Gasteiger partial charge is 0.493 e. The number of carbonyl (C=O) groups is 1. The maximum Gasteiger partial charge on any atom is 0.235 e. The predicted molar refractivity (Wildman–Crippen MR) is 109 cm³/mol. The lowest BCUT2D eigenvalue weighted by Gasteiger charge is -2.34. The predicted octanol–water partition coefficient (Wildman–Crippen LogP) is 2.79. The summed E-state index contributed by atoms with van der Waals surface area (Å²) in [5.74, 6) is 2.21. The number of benzene rings is 1. The minimum atomic E-state index is 0.140. The van der Waals surface area contributed by atoms with E-state index in [2.05, 4.69) is 11.1 Å². The van der Waals surface area contributed by atoms with Crippen molar-refractivity contribution in [3.8, 4) is 17.6 Å². The summed E-state index contributed by atoms with van der Waals surface area (Å²) in [4.78, 5) is 19.9. The molecule has 0 saturated carbocycles. The molecule has 0 unspecified atom stereocenters. The molecule has 3 rings (SSSR count). The highest BCUT2D eigenvalue weighted by Crippen LogP contribution is 2.29. The third-order valence-electron chi connectivity index (χ3n) is 4.78. The van der Waals surface area contributed by atoms with Crippen LogP contribution < -0.4 is 14.4 Å². The van der Waals surface area contributed by atoms with Crippen LogP contribution in [-0.4, -0.2) is 56.2 Å². The van der Waals surface area contributed by atoms with E-state index < -0.39 is 0 Å². The number of rotatable bonds is 6. The third kappa shape index (κ3) is 4.51. The van der Waals surface area contributed by atoms with Crippen molar-refractivity contribution in [2.75, 3.05) is 45.3 Å². The first-order valence-corrected chi connectivity index (χ1v) is 9.43. The Hall–Kier alpha value is -3.47. The molecular weight excluding hydrogens is 372 g/mol. The molecule has 0 N–H and O–H groups in total. The SMILES string of the molecule is CCC(=O)N1CCN(c2oc(/C=C/c3ccc(OC)c(OC)c3)nc2C#N)CC1. The summed E-state index contributed by atoms with van der Waals surface area (Å²) in [6, 6.07) is 7.64. The van der Waals surface area contributed by atoms with Crippen LogP contribution in [0, 0.1) is 11.3 Å². The van der Waals surface area contributed by atoms with Crippen molar-refractivity contribution in [3.63, 3.8) is 0 Å². The summed E-state index contributed by atoms with van der Waals surface area (Å²) in [5.41, 5.74) is 1.12. The van der Waals surface area contributed by atoms with E-state index in [1.54, 1.807) is 20.3 Å². The maximum atomic E-state index is 11.8. The minimum Gasteiger partial charge on any atom is -0.493 e. The zero-order valence-corrected chi connectivity index (χ0v) is 16.8. The Labute approximate surface area is 169 Å². The molecule has 0 bridgehead atoms.